The second-order valence-electron chi connectivity index (χ2n) is 6.66. The summed E-state index contributed by atoms with van der Waals surface area (Å²) in [4.78, 5) is 22.3. The summed E-state index contributed by atoms with van der Waals surface area (Å²) in [5, 5.41) is 2.90. The molecule has 3 N–H and O–H groups in total. The van der Waals surface area contributed by atoms with E-state index in [2.05, 4.69) is 5.32 Å². The van der Waals surface area contributed by atoms with Crippen LogP contribution in [0.1, 0.15) is 30.6 Å². The van der Waals surface area contributed by atoms with E-state index < -0.39 is 0 Å². The predicted octanol–water partition coefficient (Wildman–Crippen LogP) is 3.69. The number of para-hydroxylation sites is 2. The zero-order valence-corrected chi connectivity index (χ0v) is 16.5. The molecule has 4 aromatic rings. The quantitative estimate of drug-likeness (QED) is 0.524. The Kier molecular flexibility index (Phi) is 5.03. The van der Waals surface area contributed by atoms with Crippen LogP contribution in [0.5, 0.6) is 5.75 Å². The highest BCUT2D eigenvalue weighted by molar-refractivity contribution is 6.11. The lowest BCUT2D eigenvalue weighted by atomic mass is 10.2. The average molecular weight is 389 g/mol. The number of carbonyl (C=O) groups excluding carboxylic acids is 1. The number of carbonyl (C=O) groups is 1. The molecule has 1 amide bonds. The van der Waals surface area contributed by atoms with Crippen molar-refractivity contribution in [3.8, 4) is 11.4 Å². The number of nitrogens with one attached hydrogen (secondary N) is 1. The molecule has 0 spiro atoms. The summed E-state index contributed by atoms with van der Waals surface area (Å²) in [5.41, 5.74) is 10.1. The van der Waals surface area contributed by atoms with Crippen LogP contribution in [0.4, 0.5) is 5.82 Å². The van der Waals surface area contributed by atoms with Gasteiger partial charge >= 0.3 is 0 Å². The maximum Gasteiger partial charge on any atom is 0.257 e. The summed E-state index contributed by atoms with van der Waals surface area (Å²) >= 11 is 0. The summed E-state index contributed by atoms with van der Waals surface area (Å²) in [6, 6.07) is 15.1. The number of amides is 1. The maximum absolute atomic E-state index is 12.9. The van der Waals surface area contributed by atoms with Crippen molar-refractivity contribution in [1.29, 1.82) is 0 Å². The van der Waals surface area contributed by atoms with Gasteiger partial charge in [-0.1, -0.05) is 19.1 Å². The highest BCUT2D eigenvalue weighted by Crippen LogP contribution is 2.31. The Morgan fingerprint density at radius 1 is 1.07 bits per heavy atom. The van der Waals surface area contributed by atoms with Gasteiger partial charge in [-0.2, -0.15) is 0 Å². The van der Waals surface area contributed by atoms with Crippen molar-refractivity contribution in [3.63, 3.8) is 0 Å². The van der Waals surface area contributed by atoms with Crippen molar-refractivity contribution in [1.82, 2.24) is 19.9 Å². The third-order valence-corrected chi connectivity index (χ3v) is 4.67. The minimum absolute atomic E-state index is 0.247. The second kappa shape index (κ2) is 7.79. The molecule has 0 atom stereocenters. The van der Waals surface area contributed by atoms with Crippen LogP contribution < -0.4 is 15.8 Å². The standard InChI is InChI=1S/C22H23N5O2/c1-3-13-24-22(28)18-19-21(26-17-8-6-5-7-16(17)25-19)27(20(18)23)14-9-11-15(12-10-14)29-4-2/h5-12H,3-4,13,23H2,1-2H3,(H,24,28). The smallest absolute Gasteiger partial charge is 0.257 e. The molecule has 0 aliphatic rings. The minimum atomic E-state index is -0.247. The number of aromatic nitrogens is 3. The molecule has 0 fully saturated rings. The lowest BCUT2D eigenvalue weighted by Gasteiger charge is -2.09. The Labute approximate surface area is 168 Å². The van der Waals surface area contributed by atoms with E-state index in [1.54, 1.807) is 4.57 Å². The van der Waals surface area contributed by atoms with E-state index in [1.165, 1.54) is 0 Å². The zero-order chi connectivity index (χ0) is 20.4. The van der Waals surface area contributed by atoms with Gasteiger partial charge in [0.05, 0.1) is 17.6 Å². The Morgan fingerprint density at radius 3 is 2.41 bits per heavy atom. The summed E-state index contributed by atoms with van der Waals surface area (Å²) in [7, 11) is 0. The number of fused-ring (bicyclic) bond motifs is 2. The van der Waals surface area contributed by atoms with E-state index in [0.717, 1.165) is 23.4 Å². The van der Waals surface area contributed by atoms with E-state index in [9.17, 15) is 4.79 Å². The fourth-order valence-corrected chi connectivity index (χ4v) is 3.33. The van der Waals surface area contributed by atoms with E-state index >= 15 is 0 Å². The summed E-state index contributed by atoms with van der Waals surface area (Å²) < 4.78 is 7.30. The summed E-state index contributed by atoms with van der Waals surface area (Å²) in [6.07, 6.45) is 0.831. The molecule has 4 rings (SSSR count). The Bertz CT molecular complexity index is 1180. The van der Waals surface area contributed by atoms with Crippen molar-refractivity contribution >= 4 is 33.9 Å². The van der Waals surface area contributed by atoms with Gasteiger partial charge in [-0.25, -0.2) is 9.97 Å². The first-order valence-electron chi connectivity index (χ1n) is 9.72. The molecule has 0 unspecified atom stereocenters. The van der Waals surface area contributed by atoms with E-state index in [1.807, 2.05) is 62.4 Å². The van der Waals surface area contributed by atoms with Crippen molar-refractivity contribution in [2.45, 2.75) is 20.3 Å². The zero-order valence-electron chi connectivity index (χ0n) is 16.5. The van der Waals surface area contributed by atoms with Crippen LogP contribution in [-0.2, 0) is 0 Å². The normalized spacial score (nSPS) is 11.1. The molecule has 2 heterocycles. The van der Waals surface area contributed by atoms with Crippen LogP contribution in [0.25, 0.3) is 27.9 Å². The van der Waals surface area contributed by atoms with Gasteiger partial charge in [0.15, 0.2) is 5.65 Å². The highest BCUT2D eigenvalue weighted by atomic mass is 16.5. The van der Waals surface area contributed by atoms with Crippen molar-refractivity contribution in [2.24, 2.45) is 0 Å². The molecule has 0 saturated heterocycles. The van der Waals surface area contributed by atoms with Gasteiger partial charge in [0.2, 0.25) is 0 Å². The predicted molar refractivity (Wildman–Crippen MR) is 115 cm³/mol. The third-order valence-electron chi connectivity index (χ3n) is 4.67. The molecule has 29 heavy (non-hydrogen) atoms. The number of nitrogen functional groups attached to an aromatic ring is 1. The van der Waals surface area contributed by atoms with Crippen molar-refractivity contribution in [3.05, 3.63) is 54.1 Å². The molecular formula is C22H23N5O2. The number of rotatable bonds is 6. The van der Waals surface area contributed by atoms with Crippen LogP contribution in [-0.4, -0.2) is 33.6 Å². The van der Waals surface area contributed by atoms with Crippen molar-refractivity contribution < 1.29 is 9.53 Å². The number of hydrogen-bond donors (Lipinski definition) is 2. The Balaban J connectivity index is 1.96. The van der Waals surface area contributed by atoms with Crippen LogP contribution >= 0.6 is 0 Å². The first kappa shape index (κ1) is 18.7. The third kappa shape index (κ3) is 3.35. The molecule has 2 aromatic carbocycles. The van der Waals surface area contributed by atoms with Gasteiger partial charge in [-0.3, -0.25) is 9.36 Å². The number of ether oxygens (including phenoxy) is 1. The topological polar surface area (TPSA) is 95.1 Å². The van der Waals surface area contributed by atoms with Crippen molar-refractivity contribution in [2.75, 3.05) is 18.9 Å². The Hall–Kier alpha value is -3.61. The summed E-state index contributed by atoms with van der Waals surface area (Å²) in [5.74, 6) is 0.834. The molecule has 7 heteroatoms. The second-order valence-corrected chi connectivity index (χ2v) is 6.66. The molecule has 0 radical (unpaired) electrons. The number of nitrogens with two attached hydrogens (primary N) is 1. The van der Waals surface area contributed by atoms with E-state index in [0.29, 0.717) is 41.2 Å². The van der Waals surface area contributed by atoms with Gasteiger partial charge in [-0.05, 0) is 49.7 Å². The SMILES string of the molecule is CCCNC(=O)c1c(N)n(-c2ccc(OCC)cc2)c2nc3ccccc3nc12. The molecule has 7 nitrogen and oxygen atoms in total. The van der Waals surface area contributed by atoms with E-state index in [4.69, 9.17) is 20.4 Å². The molecule has 0 saturated carbocycles. The molecule has 148 valence electrons. The average Bonchev–Trinajstić information content (AvgIpc) is 3.02. The number of hydrogen-bond acceptors (Lipinski definition) is 5. The molecular weight excluding hydrogens is 366 g/mol. The van der Waals surface area contributed by atoms with Gasteiger partial charge in [0.25, 0.3) is 5.91 Å². The fourth-order valence-electron chi connectivity index (χ4n) is 3.33. The van der Waals surface area contributed by atoms with E-state index in [-0.39, 0.29) is 5.91 Å². The maximum atomic E-state index is 12.9. The highest BCUT2D eigenvalue weighted by Gasteiger charge is 2.24. The number of nitrogens with zero attached hydrogens (tertiary/aromatic N) is 3. The van der Waals surface area contributed by atoms with Gasteiger partial charge < -0.3 is 15.8 Å². The van der Waals surface area contributed by atoms with Gasteiger partial charge in [0, 0.05) is 12.2 Å². The first-order chi connectivity index (χ1) is 14.1. The van der Waals surface area contributed by atoms with Crippen LogP contribution in [0.2, 0.25) is 0 Å². The minimum Gasteiger partial charge on any atom is -0.494 e. The van der Waals surface area contributed by atoms with Gasteiger partial charge in [0.1, 0.15) is 22.6 Å². The Morgan fingerprint density at radius 2 is 1.76 bits per heavy atom. The largest absolute Gasteiger partial charge is 0.494 e. The monoisotopic (exact) mass is 389 g/mol. The molecule has 0 aliphatic heterocycles. The fraction of sp³-hybridized carbons (Fsp3) is 0.227. The van der Waals surface area contributed by atoms with Crippen LogP contribution in [0.15, 0.2) is 48.5 Å². The van der Waals surface area contributed by atoms with Crippen LogP contribution in [0, 0.1) is 0 Å². The van der Waals surface area contributed by atoms with Crippen LogP contribution in [0.3, 0.4) is 0 Å². The number of benzene rings is 2. The molecule has 0 bridgehead atoms. The first-order valence-corrected chi connectivity index (χ1v) is 9.72. The summed E-state index contributed by atoms with van der Waals surface area (Å²) in [6.45, 7) is 5.09. The van der Waals surface area contributed by atoms with Gasteiger partial charge in [-0.15, -0.1) is 0 Å². The lowest BCUT2D eigenvalue weighted by molar-refractivity contribution is 0.0956. The molecule has 0 aliphatic carbocycles. The lowest BCUT2D eigenvalue weighted by Crippen LogP contribution is -2.25. The molecule has 2 aromatic heterocycles. The number of anilines is 1.